The van der Waals surface area contributed by atoms with Gasteiger partial charge in [0.05, 0.1) is 7.11 Å². The van der Waals surface area contributed by atoms with Crippen molar-refractivity contribution < 1.29 is 14.8 Å². The fourth-order valence-corrected chi connectivity index (χ4v) is 0.954. The molecule has 1 aromatic rings. The Balaban J connectivity index is 2.86. The molecule has 3 nitrogen and oxygen atoms in total. The van der Waals surface area contributed by atoms with Gasteiger partial charge in [0, 0.05) is 0 Å². The molecule has 13 heavy (non-hydrogen) atoms. The summed E-state index contributed by atoms with van der Waals surface area (Å²) in [7, 11) is 0.0680. The summed E-state index contributed by atoms with van der Waals surface area (Å²) in [6.45, 7) is 3.54. The molecule has 0 radical (unpaired) electrons. The van der Waals surface area contributed by atoms with Gasteiger partial charge in [-0.3, -0.25) is 0 Å². The van der Waals surface area contributed by atoms with Crippen LogP contribution in [-0.4, -0.2) is 24.3 Å². The van der Waals surface area contributed by atoms with Gasteiger partial charge in [0.25, 0.3) is 0 Å². The topological polar surface area (TPSA) is 49.7 Å². The van der Waals surface area contributed by atoms with Crippen LogP contribution in [-0.2, 0) is 0 Å². The minimum Gasteiger partial charge on any atom is -0.497 e. The van der Waals surface area contributed by atoms with Gasteiger partial charge in [-0.1, -0.05) is 18.7 Å². The Labute approximate surface area is 77.4 Å². The molecule has 1 rings (SSSR count). The van der Waals surface area contributed by atoms with E-state index in [1.165, 1.54) is 0 Å². The van der Waals surface area contributed by atoms with Crippen LogP contribution in [0.1, 0.15) is 5.56 Å². The van der Waals surface area contributed by atoms with Crippen molar-refractivity contribution in [2.75, 3.05) is 7.11 Å². The minimum absolute atomic E-state index is 0.280. The van der Waals surface area contributed by atoms with Gasteiger partial charge in [-0.05, 0) is 23.2 Å². The Hall–Kier alpha value is -1.26. The van der Waals surface area contributed by atoms with Crippen LogP contribution >= 0.6 is 0 Å². The molecule has 0 saturated carbocycles. The molecular formula is C9H11BO3. The highest BCUT2D eigenvalue weighted by atomic mass is 16.5. The van der Waals surface area contributed by atoms with Gasteiger partial charge in [-0.2, -0.15) is 0 Å². The van der Waals surface area contributed by atoms with Crippen LogP contribution in [0, 0.1) is 0 Å². The lowest BCUT2D eigenvalue weighted by Gasteiger charge is -2.05. The van der Waals surface area contributed by atoms with E-state index >= 15 is 0 Å². The van der Waals surface area contributed by atoms with Crippen molar-refractivity contribution in [2.45, 2.75) is 0 Å². The van der Waals surface area contributed by atoms with Gasteiger partial charge in [-0.25, -0.2) is 0 Å². The number of ether oxygens (including phenoxy) is 1. The predicted octanol–water partition coefficient (Wildman–Crippen LogP) is 0.720. The lowest BCUT2D eigenvalue weighted by atomic mass is 9.76. The van der Waals surface area contributed by atoms with Gasteiger partial charge >= 0.3 is 7.12 Å². The van der Waals surface area contributed by atoms with E-state index in [4.69, 9.17) is 14.8 Å². The van der Waals surface area contributed by atoms with E-state index in [0.29, 0.717) is 5.56 Å². The van der Waals surface area contributed by atoms with Crippen molar-refractivity contribution in [2.24, 2.45) is 0 Å². The molecule has 0 aliphatic carbocycles. The highest BCUT2D eigenvalue weighted by molar-refractivity contribution is 6.65. The zero-order valence-corrected chi connectivity index (χ0v) is 7.40. The smallest absolute Gasteiger partial charge is 0.488 e. The van der Waals surface area contributed by atoms with Gasteiger partial charge in [0.1, 0.15) is 5.75 Å². The summed E-state index contributed by atoms with van der Waals surface area (Å²) in [4.78, 5) is 0. The van der Waals surface area contributed by atoms with Gasteiger partial charge < -0.3 is 14.8 Å². The highest BCUT2D eigenvalue weighted by Crippen LogP contribution is 2.17. The molecule has 0 unspecified atom stereocenters. The second-order valence-electron chi connectivity index (χ2n) is 2.63. The monoisotopic (exact) mass is 178 g/mol. The summed E-state index contributed by atoms with van der Waals surface area (Å²) in [5, 5.41) is 17.7. The molecule has 0 aromatic heterocycles. The van der Waals surface area contributed by atoms with E-state index in [2.05, 4.69) is 6.58 Å². The number of rotatable bonds is 3. The van der Waals surface area contributed by atoms with Gasteiger partial charge in [-0.15, -0.1) is 0 Å². The van der Waals surface area contributed by atoms with E-state index in [-0.39, 0.29) is 5.47 Å². The normalized spacial score (nSPS) is 9.46. The Bertz CT molecular complexity index is 292. The minimum atomic E-state index is -1.51. The molecule has 2 N–H and O–H groups in total. The summed E-state index contributed by atoms with van der Waals surface area (Å²) < 4.78 is 4.95. The summed E-state index contributed by atoms with van der Waals surface area (Å²) in [6.07, 6.45) is 0. The number of benzene rings is 1. The number of methoxy groups -OCH3 is 1. The number of hydrogen-bond acceptors (Lipinski definition) is 3. The Morgan fingerprint density at radius 2 is 1.85 bits per heavy atom. The first-order chi connectivity index (χ1) is 6.15. The molecular weight excluding hydrogens is 167 g/mol. The standard InChI is InChI=1S/C9H11BO3/c1-7(10(11)12)8-3-5-9(13-2)6-4-8/h3-6,11-12H,1H2,2H3. The molecule has 0 heterocycles. The molecule has 0 saturated heterocycles. The maximum Gasteiger partial charge on any atom is 0.488 e. The Morgan fingerprint density at radius 3 is 2.23 bits per heavy atom. The molecule has 0 aliphatic rings. The van der Waals surface area contributed by atoms with Gasteiger partial charge in [0.2, 0.25) is 0 Å². The fourth-order valence-electron chi connectivity index (χ4n) is 0.954. The summed E-state index contributed by atoms with van der Waals surface area (Å²) in [5.74, 6) is 0.726. The lowest BCUT2D eigenvalue weighted by molar-refractivity contribution is 0.414. The molecule has 1 aromatic carbocycles. The molecule has 0 amide bonds. The van der Waals surface area contributed by atoms with E-state index in [9.17, 15) is 0 Å². The number of hydrogen-bond donors (Lipinski definition) is 2. The third kappa shape index (κ3) is 2.34. The second-order valence-corrected chi connectivity index (χ2v) is 2.63. The van der Waals surface area contributed by atoms with Crippen molar-refractivity contribution in [1.29, 1.82) is 0 Å². The van der Waals surface area contributed by atoms with Crippen LogP contribution < -0.4 is 4.74 Å². The molecule has 0 fully saturated rings. The Morgan fingerprint density at radius 1 is 1.31 bits per heavy atom. The SMILES string of the molecule is C=C(B(O)O)c1ccc(OC)cc1. The maximum atomic E-state index is 8.83. The third-order valence-corrected chi connectivity index (χ3v) is 1.77. The fraction of sp³-hybridized carbons (Fsp3) is 0.111. The van der Waals surface area contributed by atoms with Crippen LogP contribution in [0.2, 0.25) is 0 Å². The maximum absolute atomic E-state index is 8.83. The first-order valence-electron chi connectivity index (χ1n) is 3.84. The molecule has 0 bridgehead atoms. The van der Waals surface area contributed by atoms with Crippen molar-refractivity contribution >= 4 is 12.6 Å². The molecule has 0 spiro atoms. The molecule has 0 atom stereocenters. The Kier molecular flexibility index (Phi) is 3.11. The van der Waals surface area contributed by atoms with Crippen LogP contribution in [0.4, 0.5) is 0 Å². The molecule has 68 valence electrons. The quantitative estimate of drug-likeness (QED) is 0.670. The van der Waals surface area contributed by atoms with E-state index < -0.39 is 7.12 Å². The van der Waals surface area contributed by atoms with Crippen molar-refractivity contribution in [3.63, 3.8) is 0 Å². The predicted molar refractivity (Wildman–Crippen MR) is 52.2 cm³/mol. The molecule has 0 aliphatic heterocycles. The zero-order valence-electron chi connectivity index (χ0n) is 7.40. The van der Waals surface area contributed by atoms with Crippen molar-refractivity contribution in [1.82, 2.24) is 0 Å². The van der Waals surface area contributed by atoms with Crippen LogP contribution in [0.15, 0.2) is 30.8 Å². The summed E-state index contributed by atoms with van der Waals surface area (Å²) in [5.41, 5.74) is 0.971. The average Bonchev–Trinajstić information content (AvgIpc) is 2.17. The second kappa shape index (κ2) is 4.12. The van der Waals surface area contributed by atoms with Crippen LogP contribution in [0.25, 0.3) is 5.47 Å². The summed E-state index contributed by atoms with van der Waals surface area (Å²) >= 11 is 0. The largest absolute Gasteiger partial charge is 0.497 e. The van der Waals surface area contributed by atoms with Crippen LogP contribution in [0.5, 0.6) is 5.75 Å². The highest BCUT2D eigenvalue weighted by Gasteiger charge is 2.13. The van der Waals surface area contributed by atoms with E-state index in [0.717, 1.165) is 5.75 Å². The average molecular weight is 178 g/mol. The van der Waals surface area contributed by atoms with Gasteiger partial charge in [0.15, 0.2) is 0 Å². The van der Waals surface area contributed by atoms with Crippen LogP contribution in [0.3, 0.4) is 0 Å². The third-order valence-electron chi connectivity index (χ3n) is 1.77. The zero-order chi connectivity index (χ0) is 9.84. The van der Waals surface area contributed by atoms with Crippen molar-refractivity contribution in [3.05, 3.63) is 36.4 Å². The lowest BCUT2D eigenvalue weighted by Crippen LogP contribution is -2.13. The van der Waals surface area contributed by atoms with E-state index in [1.54, 1.807) is 31.4 Å². The first kappa shape index (κ1) is 9.83. The molecule has 4 heteroatoms. The summed E-state index contributed by atoms with van der Waals surface area (Å²) in [6, 6.07) is 6.92. The first-order valence-corrected chi connectivity index (χ1v) is 3.84. The van der Waals surface area contributed by atoms with E-state index in [1.807, 2.05) is 0 Å². The van der Waals surface area contributed by atoms with Crippen molar-refractivity contribution in [3.8, 4) is 5.75 Å².